The monoisotopic (exact) mass is 219 g/mol. The van der Waals surface area contributed by atoms with Gasteiger partial charge in [-0.1, -0.05) is 6.07 Å². The van der Waals surface area contributed by atoms with Crippen molar-refractivity contribution in [1.29, 1.82) is 0 Å². The number of nitrogens with one attached hydrogen (secondary N) is 1. The van der Waals surface area contributed by atoms with Crippen LogP contribution in [0, 0.1) is 6.92 Å². The van der Waals surface area contributed by atoms with Crippen LogP contribution in [0.4, 0.5) is 5.82 Å². The molecule has 3 nitrogen and oxygen atoms in total. The first-order chi connectivity index (χ1) is 7.34. The van der Waals surface area contributed by atoms with Crippen LogP contribution in [0.1, 0.15) is 23.0 Å². The molecule has 0 aliphatic carbocycles. The molecule has 0 fully saturated rings. The van der Waals surface area contributed by atoms with Crippen LogP contribution in [0.3, 0.4) is 0 Å². The van der Waals surface area contributed by atoms with Gasteiger partial charge in [-0.15, -0.1) is 11.3 Å². The Bertz CT molecular complexity index is 458. The molecule has 0 spiro atoms. The number of thiophene rings is 1. The number of nitrogens with zero attached hydrogens (tertiary/aromatic N) is 2. The molecule has 78 valence electrons. The number of hydrogen-bond acceptors (Lipinski definition) is 3. The summed E-state index contributed by atoms with van der Waals surface area (Å²) in [5.41, 5.74) is 1.08. The standard InChI is InChI=1S/C11H13N3S/c1-8-7-11-12-5-4-9(14(11)13-8)10-3-2-6-15-10/h2-3,6-7,9,12H,4-5H2,1H3. The van der Waals surface area contributed by atoms with E-state index in [1.165, 1.54) is 4.88 Å². The molecule has 0 radical (unpaired) electrons. The Balaban J connectivity index is 2.06. The Kier molecular flexibility index (Phi) is 2.02. The van der Waals surface area contributed by atoms with Crippen LogP contribution in [-0.4, -0.2) is 16.3 Å². The summed E-state index contributed by atoms with van der Waals surface area (Å²) in [4.78, 5) is 1.40. The second kappa shape index (κ2) is 3.38. The Morgan fingerprint density at radius 3 is 3.33 bits per heavy atom. The van der Waals surface area contributed by atoms with Crippen LogP contribution >= 0.6 is 11.3 Å². The third-order valence-corrected chi connectivity index (χ3v) is 3.72. The van der Waals surface area contributed by atoms with Crippen molar-refractivity contribution in [2.24, 2.45) is 0 Å². The summed E-state index contributed by atoms with van der Waals surface area (Å²) in [6, 6.07) is 6.84. The molecule has 0 saturated carbocycles. The molecule has 2 aromatic rings. The van der Waals surface area contributed by atoms with Gasteiger partial charge in [0.1, 0.15) is 5.82 Å². The summed E-state index contributed by atoms with van der Waals surface area (Å²) in [6.45, 7) is 3.08. The molecule has 0 bridgehead atoms. The molecule has 0 amide bonds. The first-order valence-electron chi connectivity index (χ1n) is 5.18. The van der Waals surface area contributed by atoms with Gasteiger partial charge in [0.25, 0.3) is 0 Å². The van der Waals surface area contributed by atoms with Gasteiger partial charge in [-0.3, -0.25) is 0 Å². The quantitative estimate of drug-likeness (QED) is 0.799. The minimum atomic E-state index is 0.426. The summed E-state index contributed by atoms with van der Waals surface area (Å²) in [7, 11) is 0. The van der Waals surface area contributed by atoms with E-state index in [-0.39, 0.29) is 0 Å². The molecular formula is C11H13N3S. The number of fused-ring (bicyclic) bond motifs is 1. The maximum atomic E-state index is 4.55. The lowest BCUT2D eigenvalue weighted by molar-refractivity contribution is 0.486. The summed E-state index contributed by atoms with van der Waals surface area (Å²) < 4.78 is 2.12. The minimum absolute atomic E-state index is 0.426. The molecule has 0 saturated heterocycles. The highest BCUT2D eigenvalue weighted by Gasteiger charge is 2.22. The van der Waals surface area contributed by atoms with Gasteiger partial charge in [0.2, 0.25) is 0 Å². The summed E-state index contributed by atoms with van der Waals surface area (Å²) in [6.07, 6.45) is 1.12. The Morgan fingerprint density at radius 1 is 1.60 bits per heavy atom. The van der Waals surface area contributed by atoms with Crippen molar-refractivity contribution >= 4 is 17.2 Å². The summed E-state index contributed by atoms with van der Waals surface area (Å²) in [5.74, 6) is 1.15. The lowest BCUT2D eigenvalue weighted by Gasteiger charge is -2.24. The first kappa shape index (κ1) is 8.97. The van der Waals surface area contributed by atoms with E-state index < -0.39 is 0 Å². The average molecular weight is 219 g/mol. The number of aromatic nitrogens is 2. The van der Waals surface area contributed by atoms with Crippen molar-refractivity contribution in [2.45, 2.75) is 19.4 Å². The highest BCUT2D eigenvalue weighted by molar-refractivity contribution is 7.10. The van der Waals surface area contributed by atoms with Crippen LogP contribution in [0.2, 0.25) is 0 Å². The Hall–Kier alpha value is -1.29. The maximum absolute atomic E-state index is 4.55. The molecule has 15 heavy (non-hydrogen) atoms. The molecule has 1 atom stereocenters. The van der Waals surface area contributed by atoms with Crippen LogP contribution < -0.4 is 5.32 Å². The molecule has 2 aromatic heterocycles. The van der Waals surface area contributed by atoms with Crippen LogP contribution in [0.25, 0.3) is 0 Å². The molecule has 1 aliphatic rings. The highest BCUT2D eigenvalue weighted by atomic mass is 32.1. The molecule has 4 heteroatoms. The third kappa shape index (κ3) is 1.45. The Labute approximate surface area is 92.7 Å². The van der Waals surface area contributed by atoms with Crippen molar-refractivity contribution < 1.29 is 0 Å². The van der Waals surface area contributed by atoms with Crippen molar-refractivity contribution in [3.05, 3.63) is 34.2 Å². The zero-order valence-electron chi connectivity index (χ0n) is 8.60. The van der Waals surface area contributed by atoms with Gasteiger partial charge in [0.15, 0.2) is 0 Å². The topological polar surface area (TPSA) is 29.9 Å². The van der Waals surface area contributed by atoms with Crippen molar-refractivity contribution in [2.75, 3.05) is 11.9 Å². The normalized spacial score (nSPS) is 19.7. The van der Waals surface area contributed by atoms with E-state index in [1.54, 1.807) is 0 Å². The van der Waals surface area contributed by atoms with E-state index in [0.29, 0.717) is 6.04 Å². The van der Waals surface area contributed by atoms with Gasteiger partial charge in [-0.05, 0) is 24.8 Å². The maximum Gasteiger partial charge on any atom is 0.125 e. The largest absolute Gasteiger partial charge is 0.370 e. The van der Waals surface area contributed by atoms with E-state index in [2.05, 4.69) is 38.7 Å². The van der Waals surface area contributed by atoms with E-state index in [9.17, 15) is 0 Å². The number of hydrogen-bond donors (Lipinski definition) is 1. The van der Waals surface area contributed by atoms with Crippen molar-refractivity contribution in [3.8, 4) is 0 Å². The minimum Gasteiger partial charge on any atom is -0.370 e. The predicted octanol–water partition coefficient (Wildman–Crippen LogP) is 2.66. The molecule has 1 aliphatic heterocycles. The van der Waals surface area contributed by atoms with Crippen LogP contribution in [-0.2, 0) is 0 Å². The molecule has 1 unspecified atom stereocenters. The van der Waals surface area contributed by atoms with Crippen molar-refractivity contribution in [1.82, 2.24) is 9.78 Å². The van der Waals surface area contributed by atoms with Crippen LogP contribution in [0.15, 0.2) is 23.6 Å². The van der Waals surface area contributed by atoms with Gasteiger partial charge in [0, 0.05) is 17.5 Å². The van der Waals surface area contributed by atoms with E-state index in [0.717, 1.165) is 24.5 Å². The number of aryl methyl sites for hydroxylation is 1. The zero-order valence-corrected chi connectivity index (χ0v) is 9.42. The fourth-order valence-electron chi connectivity index (χ4n) is 2.09. The van der Waals surface area contributed by atoms with Gasteiger partial charge in [-0.25, -0.2) is 4.68 Å². The van der Waals surface area contributed by atoms with Gasteiger partial charge in [0.05, 0.1) is 11.7 Å². The Morgan fingerprint density at radius 2 is 2.53 bits per heavy atom. The average Bonchev–Trinajstić information content (AvgIpc) is 2.82. The van der Waals surface area contributed by atoms with E-state index >= 15 is 0 Å². The van der Waals surface area contributed by atoms with Gasteiger partial charge in [-0.2, -0.15) is 5.10 Å². The summed E-state index contributed by atoms with van der Waals surface area (Å²) in [5, 5.41) is 10.1. The zero-order chi connectivity index (χ0) is 10.3. The lowest BCUT2D eigenvalue weighted by Crippen LogP contribution is -2.23. The predicted molar refractivity (Wildman–Crippen MR) is 62.5 cm³/mol. The SMILES string of the molecule is Cc1cc2n(n1)C(c1cccs1)CCN2. The molecule has 3 rings (SSSR count). The molecule has 0 aromatic carbocycles. The van der Waals surface area contributed by atoms with Gasteiger partial charge < -0.3 is 5.32 Å². The number of anilines is 1. The van der Waals surface area contributed by atoms with Crippen LogP contribution in [0.5, 0.6) is 0 Å². The lowest BCUT2D eigenvalue weighted by atomic mass is 10.1. The highest BCUT2D eigenvalue weighted by Crippen LogP contribution is 2.31. The summed E-state index contributed by atoms with van der Waals surface area (Å²) >= 11 is 1.81. The fraction of sp³-hybridized carbons (Fsp3) is 0.364. The molecular weight excluding hydrogens is 206 g/mol. The fourth-order valence-corrected chi connectivity index (χ4v) is 2.94. The second-order valence-corrected chi connectivity index (χ2v) is 4.84. The number of rotatable bonds is 1. The first-order valence-corrected chi connectivity index (χ1v) is 6.06. The third-order valence-electron chi connectivity index (χ3n) is 2.75. The molecule has 1 N–H and O–H groups in total. The van der Waals surface area contributed by atoms with Gasteiger partial charge >= 0.3 is 0 Å². The second-order valence-electron chi connectivity index (χ2n) is 3.86. The smallest absolute Gasteiger partial charge is 0.125 e. The van der Waals surface area contributed by atoms with E-state index in [1.807, 2.05) is 18.3 Å². The molecule has 3 heterocycles. The van der Waals surface area contributed by atoms with E-state index in [4.69, 9.17) is 0 Å². The van der Waals surface area contributed by atoms with Crippen molar-refractivity contribution in [3.63, 3.8) is 0 Å².